The highest BCUT2D eigenvalue weighted by Gasteiger charge is 2.23. The van der Waals surface area contributed by atoms with Gasteiger partial charge < -0.3 is 0 Å². The van der Waals surface area contributed by atoms with Crippen molar-refractivity contribution in [3.8, 4) is 0 Å². The van der Waals surface area contributed by atoms with Crippen LogP contribution in [0, 0.1) is 5.92 Å². The van der Waals surface area contributed by atoms with Crippen molar-refractivity contribution >= 4 is 28.7 Å². The number of carbonyl (C=O) groups excluding carboxylic acids is 1. The van der Waals surface area contributed by atoms with Crippen LogP contribution in [0.4, 0.5) is 0 Å². The Morgan fingerprint density at radius 1 is 1.27 bits per heavy atom. The van der Waals surface area contributed by atoms with Crippen LogP contribution in [0.3, 0.4) is 0 Å². The third-order valence-corrected chi connectivity index (χ3v) is 4.42. The summed E-state index contributed by atoms with van der Waals surface area (Å²) in [4.78, 5) is 12.9. The van der Waals surface area contributed by atoms with Crippen molar-refractivity contribution in [3.05, 3.63) is 21.3 Å². The van der Waals surface area contributed by atoms with Gasteiger partial charge in [0.1, 0.15) is 0 Å². The van der Waals surface area contributed by atoms with E-state index in [1.54, 1.807) is 0 Å². The molecule has 3 heteroatoms. The summed E-state index contributed by atoms with van der Waals surface area (Å²) in [6.45, 7) is 0. The lowest BCUT2D eigenvalue weighted by atomic mass is 9.94. The SMILES string of the molecule is O=C(c1sccc1Cl)C1CCCCCC1. The van der Waals surface area contributed by atoms with E-state index in [0.717, 1.165) is 17.7 Å². The maximum Gasteiger partial charge on any atom is 0.177 e. The molecule has 0 unspecified atom stereocenters. The molecule has 0 amide bonds. The summed E-state index contributed by atoms with van der Waals surface area (Å²) in [5.41, 5.74) is 0. The molecule has 82 valence electrons. The highest BCUT2D eigenvalue weighted by molar-refractivity contribution is 7.12. The van der Waals surface area contributed by atoms with Crippen LogP contribution in [0.15, 0.2) is 11.4 Å². The van der Waals surface area contributed by atoms with Crippen LogP contribution in [0.2, 0.25) is 5.02 Å². The van der Waals surface area contributed by atoms with Crippen LogP contribution in [-0.2, 0) is 0 Å². The standard InChI is InChI=1S/C12H15ClOS/c13-10-7-8-15-12(10)11(14)9-5-3-1-2-4-6-9/h7-9H,1-6H2. The molecule has 1 aliphatic rings. The van der Waals surface area contributed by atoms with E-state index in [-0.39, 0.29) is 11.7 Å². The summed E-state index contributed by atoms with van der Waals surface area (Å²) in [6, 6.07) is 1.82. The van der Waals surface area contributed by atoms with Gasteiger partial charge in [0.15, 0.2) is 5.78 Å². The fourth-order valence-corrected chi connectivity index (χ4v) is 3.36. The van der Waals surface area contributed by atoms with Crippen molar-refractivity contribution in [2.45, 2.75) is 38.5 Å². The molecule has 0 saturated heterocycles. The van der Waals surface area contributed by atoms with E-state index in [9.17, 15) is 4.79 Å². The molecule has 15 heavy (non-hydrogen) atoms. The van der Waals surface area contributed by atoms with Gasteiger partial charge in [-0.25, -0.2) is 0 Å². The number of ketones is 1. The largest absolute Gasteiger partial charge is 0.293 e. The first-order valence-corrected chi connectivity index (χ1v) is 6.82. The summed E-state index contributed by atoms with van der Waals surface area (Å²) >= 11 is 7.46. The second-order valence-corrected chi connectivity index (χ2v) is 5.47. The van der Waals surface area contributed by atoms with E-state index < -0.39 is 0 Å². The molecule has 1 aromatic heterocycles. The van der Waals surface area contributed by atoms with E-state index in [4.69, 9.17) is 11.6 Å². The summed E-state index contributed by atoms with van der Waals surface area (Å²) in [7, 11) is 0. The highest BCUT2D eigenvalue weighted by atomic mass is 35.5. The van der Waals surface area contributed by atoms with Gasteiger partial charge in [0, 0.05) is 5.92 Å². The van der Waals surface area contributed by atoms with Crippen molar-refractivity contribution in [2.75, 3.05) is 0 Å². The average molecular weight is 243 g/mol. The van der Waals surface area contributed by atoms with Crippen LogP contribution in [0.25, 0.3) is 0 Å². The number of hydrogen-bond donors (Lipinski definition) is 0. The predicted molar refractivity (Wildman–Crippen MR) is 64.9 cm³/mol. The molecule has 2 rings (SSSR count). The summed E-state index contributed by atoms with van der Waals surface area (Å²) in [6.07, 6.45) is 7.04. The molecule has 0 radical (unpaired) electrons. The van der Waals surface area contributed by atoms with Crippen LogP contribution in [0.5, 0.6) is 0 Å². The Morgan fingerprint density at radius 3 is 2.47 bits per heavy atom. The molecule has 0 N–H and O–H groups in total. The Bertz CT molecular complexity index is 337. The number of thiophene rings is 1. The average Bonchev–Trinajstić information content (AvgIpc) is 2.53. The lowest BCUT2D eigenvalue weighted by molar-refractivity contribution is 0.0912. The first-order valence-electron chi connectivity index (χ1n) is 5.56. The Morgan fingerprint density at radius 2 is 1.93 bits per heavy atom. The topological polar surface area (TPSA) is 17.1 Å². The van der Waals surface area contributed by atoms with Crippen LogP contribution in [-0.4, -0.2) is 5.78 Å². The Kier molecular flexibility index (Phi) is 3.81. The van der Waals surface area contributed by atoms with Gasteiger partial charge in [-0.15, -0.1) is 11.3 Å². The Balaban J connectivity index is 2.09. The predicted octanol–water partition coefficient (Wildman–Crippen LogP) is 4.55. The highest BCUT2D eigenvalue weighted by Crippen LogP contribution is 2.31. The monoisotopic (exact) mass is 242 g/mol. The van der Waals surface area contributed by atoms with Crippen LogP contribution >= 0.6 is 22.9 Å². The van der Waals surface area contributed by atoms with Gasteiger partial charge >= 0.3 is 0 Å². The van der Waals surface area contributed by atoms with E-state index in [2.05, 4.69) is 0 Å². The summed E-state index contributed by atoms with van der Waals surface area (Å²) in [5, 5.41) is 2.53. The second kappa shape index (κ2) is 5.13. The van der Waals surface area contributed by atoms with Gasteiger partial charge in [0.05, 0.1) is 9.90 Å². The van der Waals surface area contributed by atoms with Gasteiger partial charge in [0.2, 0.25) is 0 Å². The van der Waals surface area contributed by atoms with Gasteiger partial charge in [-0.05, 0) is 24.3 Å². The second-order valence-electron chi connectivity index (χ2n) is 4.15. The van der Waals surface area contributed by atoms with Crippen molar-refractivity contribution in [2.24, 2.45) is 5.92 Å². The smallest absolute Gasteiger partial charge is 0.177 e. The number of hydrogen-bond acceptors (Lipinski definition) is 2. The minimum atomic E-state index is 0.226. The number of rotatable bonds is 2. The van der Waals surface area contributed by atoms with E-state index in [1.807, 2.05) is 11.4 Å². The van der Waals surface area contributed by atoms with E-state index in [0.29, 0.717) is 5.02 Å². The van der Waals surface area contributed by atoms with Crippen molar-refractivity contribution in [1.29, 1.82) is 0 Å². The number of halogens is 1. The molecular weight excluding hydrogens is 228 g/mol. The molecular formula is C12H15ClOS. The molecule has 0 bridgehead atoms. The zero-order chi connectivity index (χ0) is 10.7. The minimum absolute atomic E-state index is 0.226. The molecule has 0 aliphatic heterocycles. The molecule has 1 aliphatic carbocycles. The first kappa shape index (κ1) is 11.2. The molecule has 1 fully saturated rings. The van der Waals surface area contributed by atoms with Gasteiger partial charge in [-0.1, -0.05) is 37.3 Å². The lowest BCUT2D eigenvalue weighted by Gasteiger charge is -2.11. The van der Waals surface area contributed by atoms with Crippen molar-refractivity contribution in [3.63, 3.8) is 0 Å². The Labute approximate surface area is 99.5 Å². The number of Topliss-reactive ketones (excluding diaryl/α,β-unsaturated/α-hetero) is 1. The third-order valence-electron chi connectivity index (χ3n) is 3.07. The van der Waals surface area contributed by atoms with Crippen molar-refractivity contribution < 1.29 is 4.79 Å². The number of carbonyl (C=O) groups is 1. The zero-order valence-electron chi connectivity index (χ0n) is 8.67. The normalized spacial score (nSPS) is 18.7. The van der Waals surface area contributed by atoms with Gasteiger partial charge in [-0.2, -0.15) is 0 Å². The van der Waals surface area contributed by atoms with E-state index in [1.165, 1.54) is 37.0 Å². The Hall–Kier alpha value is -0.340. The molecule has 1 heterocycles. The fraction of sp³-hybridized carbons (Fsp3) is 0.583. The van der Waals surface area contributed by atoms with Gasteiger partial charge in [-0.3, -0.25) is 4.79 Å². The summed E-state index contributed by atoms with van der Waals surface area (Å²) < 4.78 is 0. The first-order chi connectivity index (χ1) is 7.29. The molecule has 0 aromatic carbocycles. The minimum Gasteiger partial charge on any atom is -0.293 e. The van der Waals surface area contributed by atoms with E-state index >= 15 is 0 Å². The molecule has 0 spiro atoms. The third kappa shape index (κ3) is 2.61. The lowest BCUT2D eigenvalue weighted by Crippen LogP contribution is -2.12. The molecule has 1 saturated carbocycles. The zero-order valence-corrected chi connectivity index (χ0v) is 10.2. The van der Waals surface area contributed by atoms with Gasteiger partial charge in [0.25, 0.3) is 0 Å². The molecule has 1 aromatic rings. The fourth-order valence-electron chi connectivity index (χ4n) is 2.20. The quantitative estimate of drug-likeness (QED) is 0.549. The van der Waals surface area contributed by atoms with Crippen LogP contribution < -0.4 is 0 Å². The van der Waals surface area contributed by atoms with Crippen LogP contribution in [0.1, 0.15) is 48.2 Å². The molecule has 1 nitrogen and oxygen atoms in total. The molecule has 0 atom stereocenters. The maximum atomic E-state index is 12.2. The maximum absolute atomic E-state index is 12.2. The summed E-state index contributed by atoms with van der Waals surface area (Å²) in [5.74, 6) is 0.501. The van der Waals surface area contributed by atoms with Crippen molar-refractivity contribution in [1.82, 2.24) is 0 Å².